The van der Waals surface area contributed by atoms with Crippen molar-refractivity contribution in [2.45, 2.75) is 51.3 Å². The molecule has 2 rings (SSSR count). The zero-order valence-electron chi connectivity index (χ0n) is 13.0. The first-order valence-electron chi connectivity index (χ1n) is 7.15. The number of ether oxygens (including phenoxy) is 1. The maximum Gasteiger partial charge on any atom is 0.411 e. The molecule has 1 aromatic heterocycles. The average molecular weight is 450 g/mol. The van der Waals surface area contributed by atoms with Crippen LogP contribution in [0, 0.1) is 0 Å². The van der Waals surface area contributed by atoms with Gasteiger partial charge in [0.05, 0.1) is 5.69 Å². The minimum atomic E-state index is -1.19. The van der Waals surface area contributed by atoms with Gasteiger partial charge in [-0.15, -0.1) is 0 Å². The van der Waals surface area contributed by atoms with Gasteiger partial charge in [0.25, 0.3) is 0 Å². The molecular weight excluding hydrogens is 432 g/mol. The quantitative estimate of drug-likeness (QED) is 0.747. The Morgan fingerprint density at radius 3 is 2.43 bits per heavy atom. The Bertz CT molecular complexity index is 626. The van der Waals surface area contributed by atoms with Crippen LogP contribution in [0.1, 0.15) is 45.3 Å². The zero-order valence-corrected chi connectivity index (χ0v) is 16.2. The summed E-state index contributed by atoms with van der Waals surface area (Å²) in [4.78, 5) is 29.9. The van der Waals surface area contributed by atoms with Crippen molar-refractivity contribution in [3.05, 3.63) is 26.9 Å². The molecule has 1 fully saturated rings. The molecule has 1 saturated carbocycles. The Kier molecular flexibility index (Phi) is 5.35. The number of hydrogen-bond acceptors (Lipinski definition) is 4. The number of carbonyl (C=O) groups excluding carboxylic acids is 1. The van der Waals surface area contributed by atoms with E-state index >= 15 is 0 Å². The molecule has 1 unspecified atom stereocenters. The number of amides is 1. The molecule has 23 heavy (non-hydrogen) atoms. The fourth-order valence-corrected chi connectivity index (χ4v) is 3.33. The van der Waals surface area contributed by atoms with Crippen LogP contribution in [0.25, 0.3) is 0 Å². The number of hydrogen-bond donors (Lipinski definition) is 1. The number of halogens is 2. The lowest BCUT2D eigenvalue weighted by Crippen LogP contribution is -2.44. The van der Waals surface area contributed by atoms with Gasteiger partial charge in [-0.25, -0.2) is 9.59 Å². The Labute approximate surface area is 151 Å². The van der Waals surface area contributed by atoms with E-state index in [1.165, 1.54) is 11.1 Å². The van der Waals surface area contributed by atoms with Crippen molar-refractivity contribution >= 4 is 43.9 Å². The van der Waals surface area contributed by atoms with Crippen LogP contribution in [0.2, 0.25) is 0 Å². The van der Waals surface area contributed by atoms with Crippen molar-refractivity contribution in [2.75, 3.05) is 0 Å². The molecule has 0 aliphatic heterocycles. The lowest BCUT2D eigenvalue weighted by Gasteiger charge is -2.31. The number of carboxylic acid groups (broad SMARTS) is 1. The van der Waals surface area contributed by atoms with E-state index < -0.39 is 23.7 Å². The van der Waals surface area contributed by atoms with E-state index in [4.69, 9.17) is 4.74 Å². The third kappa shape index (κ3) is 4.67. The summed E-state index contributed by atoms with van der Waals surface area (Å²) in [6.07, 6.45) is 2.40. The molecule has 1 aliphatic rings. The zero-order chi connectivity index (χ0) is 17.4. The lowest BCUT2D eigenvalue weighted by molar-refractivity contribution is -0.144. The fraction of sp³-hybridized carbons (Fsp3) is 0.533. The highest BCUT2D eigenvalue weighted by molar-refractivity contribution is 9.11. The minimum absolute atomic E-state index is 0.136. The highest BCUT2D eigenvalue weighted by Gasteiger charge is 2.44. The summed E-state index contributed by atoms with van der Waals surface area (Å²) < 4.78 is 6.63. The maximum atomic E-state index is 12.5. The monoisotopic (exact) mass is 448 g/mol. The second kappa shape index (κ2) is 6.76. The predicted octanol–water partition coefficient (Wildman–Crippen LogP) is 4.13. The van der Waals surface area contributed by atoms with Gasteiger partial charge >= 0.3 is 12.1 Å². The molecule has 1 N–H and O–H groups in total. The largest absolute Gasteiger partial charge is 0.479 e. The molecule has 1 aliphatic carbocycles. The molecule has 8 heteroatoms. The molecule has 0 spiro atoms. The van der Waals surface area contributed by atoms with Crippen LogP contribution >= 0.6 is 31.9 Å². The van der Waals surface area contributed by atoms with Gasteiger partial charge in [0.1, 0.15) is 5.60 Å². The lowest BCUT2D eigenvalue weighted by atomic mass is 10.1. The predicted molar refractivity (Wildman–Crippen MR) is 91.1 cm³/mol. The first-order valence-corrected chi connectivity index (χ1v) is 8.74. The third-order valence-electron chi connectivity index (χ3n) is 3.15. The Hall–Kier alpha value is -1.15. The van der Waals surface area contributed by atoms with Gasteiger partial charge in [-0.2, -0.15) is 0 Å². The maximum absolute atomic E-state index is 12.5. The van der Waals surface area contributed by atoms with Gasteiger partial charge < -0.3 is 9.84 Å². The van der Waals surface area contributed by atoms with E-state index in [9.17, 15) is 14.7 Å². The van der Waals surface area contributed by atoms with Crippen molar-refractivity contribution in [3.63, 3.8) is 0 Å². The summed E-state index contributed by atoms with van der Waals surface area (Å²) in [7, 11) is 0. The Morgan fingerprint density at radius 1 is 1.39 bits per heavy atom. The molecule has 0 radical (unpaired) electrons. The van der Waals surface area contributed by atoms with Crippen LogP contribution in [0.5, 0.6) is 0 Å². The van der Waals surface area contributed by atoms with Crippen LogP contribution in [-0.2, 0) is 9.53 Å². The van der Waals surface area contributed by atoms with E-state index in [0.29, 0.717) is 8.95 Å². The molecule has 1 atom stereocenters. The molecule has 0 bridgehead atoms. The molecule has 126 valence electrons. The minimum Gasteiger partial charge on any atom is -0.479 e. The summed E-state index contributed by atoms with van der Waals surface area (Å²) in [6.45, 7) is 5.25. The van der Waals surface area contributed by atoms with E-state index in [2.05, 4.69) is 36.8 Å². The van der Waals surface area contributed by atoms with Crippen LogP contribution in [0.3, 0.4) is 0 Å². The van der Waals surface area contributed by atoms with Crippen LogP contribution in [0.15, 0.2) is 21.2 Å². The van der Waals surface area contributed by atoms with Crippen molar-refractivity contribution in [1.29, 1.82) is 0 Å². The number of pyridine rings is 1. The van der Waals surface area contributed by atoms with Crippen LogP contribution in [-0.4, -0.2) is 38.7 Å². The third-order valence-corrected chi connectivity index (χ3v) is 4.22. The first kappa shape index (κ1) is 18.2. The molecule has 1 aromatic rings. The van der Waals surface area contributed by atoms with Crippen molar-refractivity contribution < 1.29 is 19.4 Å². The summed E-state index contributed by atoms with van der Waals surface area (Å²) >= 11 is 6.61. The molecule has 0 aromatic carbocycles. The van der Waals surface area contributed by atoms with Crippen molar-refractivity contribution in [3.8, 4) is 0 Å². The summed E-state index contributed by atoms with van der Waals surface area (Å²) in [5.74, 6) is -1.14. The summed E-state index contributed by atoms with van der Waals surface area (Å²) in [5.41, 5.74) is -0.420. The molecule has 6 nitrogen and oxygen atoms in total. The first-order chi connectivity index (χ1) is 10.6. The highest BCUT2D eigenvalue weighted by Crippen LogP contribution is 2.37. The van der Waals surface area contributed by atoms with Crippen molar-refractivity contribution in [1.82, 2.24) is 9.88 Å². The number of rotatable bonds is 4. The van der Waals surface area contributed by atoms with Gasteiger partial charge in [0.2, 0.25) is 0 Å². The fourth-order valence-electron chi connectivity index (χ4n) is 2.13. The van der Waals surface area contributed by atoms with Gasteiger partial charge in [0.15, 0.2) is 6.04 Å². The standard InChI is InChI=1S/C15H18Br2N2O4/c1-15(2,3)23-14(22)19(9-4-5-9)12(13(20)21)11-10(17)6-8(16)7-18-11/h6-7,9,12H,4-5H2,1-3H3,(H,20,21). The van der Waals surface area contributed by atoms with E-state index in [1.54, 1.807) is 26.8 Å². The van der Waals surface area contributed by atoms with Crippen LogP contribution in [0.4, 0.5) is 4.79 Å². The summed E-state index contributed by atoms with van der Waals surface area (Å²) in [5, 5.41) is 9.69. The van der Waals surface area contributed by atoms with E-state index in [1.807, 2.05) is 0 Å². The Morgan fingerprint density at radius 2 is 2.00 bits per heavy atom. The van der Waals surface area contributed by atoms with Gasteiger partial charge in [-0.1, -0.05) is 0 Å². The number of aliphatic carboxylic acids is 1. The van der Waals surface area contributed by atoms with E-state index in [0.717, 1.165) is 12.8 Å². The normalized spacial score (nSPS) is 15.9. The Balaban J connectivity index is 2.40. The smallest absolute Gasteiger partial charge is 0.411 e. The number of aromatic nitrogens is 1. The van der Waals surface area contributed by atoms with Crippen molar-refractivity contribution in [2.24, 2.45) is 0 Å². The second-order valence-electron chi connectivity index (χ2n) is 6.38. The number of nitrogens with zero attached hydrogens (tertiary/aromatic N) is 2. The van der Waals surface area contributed by atoms with Crippen LogP contribution < -0.4 is 0 Å². The van der Waals surface area contributed by atoms with Gasteiger partial charge in [0, 0.05) is 21.2 Å². The SMILES string of the molecule is CC(C)(C)OC(=O)N(C1CC1)C(C(=O)O)c1ncc(Br)cc1Br. The topological polar surface area (TPSA) is 79.7 Å². The second-order valence-corrected chi connectivity index (χ2v) is 8.15. The van der Waals surface area contributed by atoms with Gasteiger partial charge in [-0.3, -0.25) is 9.88 Å². The summed E-state index contributed by atoms with van der Waals surface area (Å²) in [6, 6.07) is 0.376. The molecule has 1 heterocycles. The van der Waals surface area contributed by atoms with Gasteiger partial charge in [-0.05, 0) is 71.5 Å². The average Bonchev–Trinajstić information content (AvgIpc) is 3.18. The molecule has 0 saturated heterocycles. The number of carbonyl (C=O) groups is 2. The molecule has 1 amide bonds. The highest BCUT2D eigenvalue weighted by atomic mass is 79.9. The number of carboxylic acids is 1. The van der Waals surface area contributed by atoms with E-state index in [-0.39, 0.29) is 11.7 Å². The molecular formula is C15H18Br2N2O4.